The summed E-state index contributed by atoms with van der Waals surface area (Å²) in [6.07, 6.45) is 3.70. The number of rotatable bonds is 5. The van der Waals surface area contributed by atoms with E-state index < -0.39 is 0 Å². The molecule has 0 unspecified atom stereocenters. The zero-order valence-electron chi connectivity index (χ0n) is 26.2. The predicted octanol–water partition coefficient (Wildman–Crippen LogP) is 9.59. The molecular weight excluding hydrogens is 603 g/mol. The predicted molar refractivity (Wildman–Crippen MR) is 196 cm³/mol. The summed E-state index contributed by atoms with van der Waals surface area (Å²) in [5.41, 5.74) is 10.3. The number of pyridine rings is 1. The van der Waals surface area contributed by atoms with Gasteiger partial charge in [-0.05, 0) is 36.4 Å². The van der Waals surface area contributed by atoms with E-state index in [1.54, 1.807) is 0 Å². The van der Waals surface area contributed by atoms with Crippen LogP contribution >= 0.6 is 0 Å². The molecule has 0 aliphatic carbocycles. The Morgan fingerprint density at radius 3 is 1.37 bits per heavy atom. The van der Waals surface area contributed by atoms with Crippen molar-refractivity contribution in [2.24, 2.45) is 0 Å². The van der Waals surface area contributed by atoms with Crippen LogP contribution in [0.1, 0.15) is 0 Å². The molecule has 0 aliphatic rings. The smallest absolute Gasteiger partial charge is 0.238 e. The van der Waals surface area contributed by atoms with Gasteiger partial charge in [0.2, 0.25) is 5.95 Å². The topological polar surface area (TPSA) is 66.3 Å². The number of nitrogens with zero attached hydrogens (tertiary/aromatic N) is 7. The molecule has 0 saturated carbocycles. The normalized spacial score (nSPS) is 11.7. The van der Waals surface area contributed by atoms with Crippen molar-refractivity contribution < 1.29 is 0 Å². The van der Waals surface area contributed by atoms with E-state index in [1.165, 1.54) is 0 Å². The van der Waals surface area contributed by atoms with Gasteiger partial charge in [-0.1, -0.05) is 115 Å². The Hall–Kier alpha value is -6.86. The minimum absolute atomic E-state index is 0.553. The molecule has 10 aromatic rings. The summed E-state index contributed by atoms with van der Waals surface area (Å²) in [6.45, 7) is 0. The third-order valence-corrected chi connectivity index (χ3v) is 9.19. The van der Waals surface area contributed by atoms with Crippen LogP contribution < -0.4 is 0 Å². The molecule has 5 heterocycles. The van der Waals surface area contributed by atoms with E-state index >= 15 is 0 Å². The first-order valence-corrected chi connectivity index (χ1v) is 16.3. The van der Waals surface area contributed by atoms with Crippen molar-refractivity contribution in [2.75, 3.05) is 0 Å². The number of fused-ring (bicyclic) bond motifs is 7. The standard InChI is InChI=1S/C42H27N7/c1-4-14-28(15-5-1)40-44-41(29-16-6-2-7-17-29)46-42(45-40)49-35-23-13-11-21-33(35)37-39(49)38-36(48(37)30-18-8-3-9-19-30)32-20-10-12-22-34(32)47(38)31-24-26-43-27-25-31/h1-27H. The van der Waals surface area contributed by atoms with Crippen LogP contribution in [0.3, 0.4) is 0 Å². The highest BCUT2D eigenvalue weighted by molar-refractivity contribution is 6.25. The van der Waals surface area contributed by atoms with Crippen LogP contribution in [0.2, 0.25) is 0 Å². The number of benzene rings is 5. The van der Waals surface area contributed by atoms with Gasteiger partial charge in [0.1, 0.15) is 5.52 Å². The highest BCUT2D eigenvalue weighted by atomic mass is 15.2. The second-order valence-corrected chi connectivity index (χ2v) is 12.0. The van der Waals surface area contributed by atoms with Gasteiger partial charge in [0, 0.05) is 45.7 Å². The lowest BCUT2D eigenvalue weighted by molar-refractivity contribution is 0.953. The van der Waals surface area contributed by atoms with E-state index in [-0.39, 0.29) is 0 Å². The van der Waals surface area contributed by atoms with Crippen molar-refractivity contribution >= 4 is 43.9 Å². The van der Waals surface area contributed by atoms with Crippen LogP contribution in [0.4, 0.5) is 0 Å². The molecule has 10 rings (SSSR count). The van der Waals surface area contributed by atoms with Crippen molar-refractivity contribution in [3.63, 3.8) is 0 Å². The minimum atomic E-state index is 0.553. The zero-order chi connectivity index (χ0) is 32.3. The van der Waals surface area contributed by atoms with E-state index in [4.69, 9.17) is 15.0 Å². The average molecular weight is 630 g/mol. The first-order valence-electron chi connectivity index (χ1n) is 16.3. The SMILES string of the molecule is c1ccc(-c2nc(-c3ccccc3)nc(-n3c4ccccc4c4c3c3c(c5ccccc5n3-c3ccncc3)n4-c3ccccc3)n2)cc1. The third kappa shape index (κ3) is 4.16. The molecule has 0 bridgehead atoms. The average Bonchev–Trinajstić information content (AvgIpc) is 3.81. The van der Waals surface area contributed by atoms with Gasteiger partial charge >= 0.3 is 0 Å². The molecule has 0 atom stereocenters. The molecule has 49 heavy (non-hydrogen) atoms. The molecular formula is C42H27N7. The second-order valence-electron chi connectivity index (χ2n) is 12.0. The Morgan fingerprint density at radius 2 is 0.796 bits per heavy atom. The van der Waals surface area contributed by atoms with Gasteiger partial charge in [-0.2, -0.15) is 9.97 Å². The van der Waals surface area contributed by atoms with Gasteiger partial charge in [-0.15, -0.1) is 0 Å². The maximum Gasteiger partial charge on any atom is 0.238 e. The molecule has 0 amide bonds. The highest BCUT2D eigenvalue weighted by Gasteiger charge is 2.29. The molecule has 7 nitrogen and oxygen atoms in total. The van der Waals surface area contributed by atoms with Gasteiger partial charge in [0.05, 0.1) is 27.6 Å². The lowest BCUT2D eigenvalue weighted by Crippen LogP contribution is -2.07. The molecule has 5 aromatic carbocycles. The van der Waals surface area contributed by atoms with Gasteiger partial charge in [-0.25, -0.2) is 4.98 Å². The fourth-order valence-electron chi connectivity index (χ4n) is 7.15. The molecule has 0 saturated heterocycles. The molecule has 0 spiro atoms. The fourth-order valence-corrected chi connectivity index (χ4v) is 7.15. The Labute approximate surface area is 281 Å². The van der Waals surface area contributed by atoms with E-state index in [1.807, 2.05) is 73.1 Å². The largest absolute Gasteiger partial charge is 0.306 e. The van der Waals surface area contributed by atoms with Crippen molar-refractivity contribution in [1.82, 2.24) is 33.6 Å². The summed E-state index contributed by atoms with van der Waals surface area (Å²) in [7, 11) is 0. The van der Waals surface area contributed by atoms with Crippen LogP contribution in [-0.2, 0) is 0 Å². The summed E-state index contributed by atoms with van der Waals surface area (Å²) in [6, 6.07) is 52.1. The fraction of sp³-hybridized carbons (Fsp3) is 0. The first-order chi connectivity index (χ1) is 24.3. The van der Waals surface area contributed by atoms with Gasteiger partial charge in [0.15, 0.2) is 11.6 Å². The summed E-state index contributed by atoms with van der Waals surface area (Å²) >= 11 is 0. The number of para-hydroxylation sites is 3. The minimum Gasteiger partial charge on any atom is -0.306 e. The molecule has 0 aliphatic heterocycles. The Bertz CT molecular complexity index is 2740. The van der Waals surface area contributed by atoms with E-state index in [2.05, 4.69) is 110 Å². The van der Waals surface area contributed by atoms with Crippen molar-refractivity contribution in [1.29, 1.82) is 0 Å². The second kappa shape index (κ2) is 10.9. The van der Waals surface area contributed by atoms with Crippen molar-refractivity contribution in [3.8, 4) is 40.1 Å². The lowest BCUT2D eigenvalue weighted by atomic mass is 10.2. The van der Waals surface area contributed by atoms with Gasteiger partial charge < -0.3 is 9.13 Å². The van der Waals surface area contributed by atoms with E-state index in [0.29, 0.717) is 17.6 Å². The summed E-state index contributed by atoms with van der Waals surface area (Å²) < 4.78 is 6.98. The molecule has 0 radical (unpaired) electrons. The molecule has 230 valence electrons. The summed E-state index contributed by atoms with van der Waals surface area (Å²) in [5.74, 6) is 1.78. The van der Waals surface area contributed by atoms with Gasteiger partial charge in [0.25, 0.3) is 0 Å². The van der Waals surface area contributed by atoms with Crippen molar-refractivity contribution in [3.05, 3.63) is 164 Å². The number of hydrogen-bond donors (Lipinski definition) is 0. The summed E-state index contributed by atoms with van der Waals surface area (Å²) in [5, 5.41) is 2.25. The number of hydrogen-bond acceptors (Lipinski definition) is 4. The third-order valence-electron chi connectivity index (χ3n) is 9.19. The molecule has 7 heteroatoms. The molecule has 5 aromatic heterocycles. The quantitative estimate of drug-likeness (QED) is 0.190. The maximum absolute atomic E-state index is 5.23. The van der Waals surface area contributed by atoms with Crippen molar-refractivity contribution in [2.45, 2.75) is 0 Å². The van der Waals surface area contributed by atoms with Crippen LogP contribution in [0, 0.1) is 0 Å². The van der Waals surface area contributed by atoms with E-state index in [9.17, 15) is 0 Å². The maximum atomic E-state index is 5.23. The Balaban J connectivity index is 1.44. The zero-order valence-corrected chi connectivity index (χ0v) is 26.2. The Kier molecular flexibility index (Phi) is 6.04. The summed E-state index contributed by atoms with van der Waals surface area (Å²) in [4.78, 5) is 19.8. The van der Waals surface area contributed by atoms with Crippen LogP contribution in [0.25, 0.3) is 84.0 Å². The molecule has 0 N–H and O–H groups in total. The highest BCUT2D eigenvalue weighted by Crippen LogP contribution is 2.45. The molecule has 0 fully saturated rings. The van der Waals surface area contributed by atoms with Gasteiger partial charge in [-0.3, -0.25) is 9.55 Å². The van der Waals surface area contributed by atoms with Crippen LogP contribution in [0.15, 0.2) is 164 Å². The Morgan fingerprint density at radius 1 is 0.347 bits per heavy atom. The van der Waals surface area contributed by atoms with E-state index in [0.717, 1.165) is 66.4 Å². The monoisotopic (exact) mass is 629 g/mol. The van der Waals surface area contributed by atoms with Crippen LogP contribution in [0.5, 0.6) is 0 Å². The first kappa shape index (κ1) is 27.3. The number of aromatic nitrogens is 7. The van der Waals surface area contributed by atoms with Crippen LogP contribution in [-0.4, -0.2) is 33.6 Å². The lowest BCUT2D eigenvalue weighted by Gasteiger charge is -2.12.